The molecule has 2 aliphatic rings. The summed E-state index contributed by atoms with van der Waals surface area (Å²) in [5.74, 6) is 2.78. The van der Waals surface area contributed by atoms with Gasteiger partial charge < -0.3 is 15.0 Å². The Morgan fingerprint density at radius 1 is 1.18 bits per heavy atom. The van der Waals surface area contributed by atoms with Gasteiger partial charge in [0.05, 0.1) is 6.61 Å². The van der Waals surface area contributed by atoms with E-state index in [9.17, 15) is 0 Å². The molecule has 0 amide bonds. The van der Waals surface area contributed by atoms with Gasteiger partial charge in [0.1, 0.15) is 0 Å². The topological polar surface area (TPSA) is 36.9 Å². The van der Waals surface area contributed by atoms with E-state index in [-0.39, 0.29) is 0 Å². The molecule has 2 rings (SSSR count). The van der Waals surface area contributed by atoms with Gasteiger partial charge >= 0.3 is 0 Å². The van der Waals surface area contributed by atoms with Gasteiger partial charge in [-0.25, -0.2) is 0 Å². The third kappa shape index (κ3) is 5.79. The zero-order valence-corrected chi connectivity index (χ0v) is 14.6. The van der Waals surface area contributed by atoms with E-state index < -0.39 is 0 Å². The van der Waals surface area contributed by atoms with Crippen LogP contribution in [-0.2, 0) is 4.74 Å². The number of ether oxygens (including phenoxy) is 1. The normalized spacial score (nSPS) is 23.5. The molecule has 1 saturated heterocycles. The standard InChI is InChI=1S/C18H35N3O/c1-3-22-15-17-11-13-21(14-17)18(19-2)20-12-7-6-10-16-8-4-5-9-16/h16-17H,3-15H2,1-2H3,(H,19,20). The van der Waals surface area contributed by atoms with E-state index in [4.69, 9.17) is 4.74 Å². The van der Waals surface area contributed by atoms with Crippen LogP contribution in [0.5, 0.6) is 0 Å². The molecule has 1 heterocycles. The van der Waals surface area contributed by atoms with Crippen LogP contribution in [-0.4, -0.2) is 50.8 Å². The maximum Gasteiger partial charge on any atom is 0.193 e. The summed E-state index contributed by atoms with van der Waals surface area (Å²) < 4.78 is 5.55. The molecule has 0 aromatic rings. The monoisotopic (exact) mass is 309 g/mol. The highest BCUT2D eigenvalue weighted by Gasteiger charge is 2.24. The molecule has 1 saturated carbocycles. The van der Waals surface area contributed by atoms with E-state index in [1.807, 2.05) is 7.05 Å². The molecule has 2 fully saturated rings. The van der Waals surface area contributed by atoms with Crippen molar-refractivity contribution in [1.29, 1.82) is 0 Å². The molecule has 0 aromatic heterocycles. The minimum atomic E-state index is 0.667. The van der Waals surface area contributed by atoms with E-state index >= 15 is 0 Å². The molecule has 1 aliphatic carbocycles. The second-order valence-corrected chi connectivity index (χ2v) is 6.88. The molecule has 0 aromatic carbocycles. The number of hydrogen-bond donors (Lipinski definition) is 1. The molecule has 4 nitrogen and oxygen atoms in total. The van der Waals surface area contributed by atoms with Gasteiger partial charge in [-0.05, 0) is 25.7 Å². The number of hydrogen-bond acceptors (Lipinski definition) is 2. The summed E-state index contributed by atoms with van der Waals surface area (Å²) in [5.41, 5.74) is 0. The van der Waals surface area contributed by atoms with Crippen LogP contribution >= 0.6 is 0 Å². The molecule has 128 valence electrons. The summed E-state index contributed by atoms with van der Waals surface area (Å²) in [7, 11) is 1.90. The Morgan fingerprint density at radius 2 is 2.00 bits per heavy atom. The number of likely N-dealkylation sites (tertiary alicyclic amines) is 1. The average molecular weight is 309 g/mol. The van der Waals surface area contributed by atoms with Crippen molar-refractivity contribution in [3.63, 3.8) is 0 Å². The van der Waals surface area contributed by atoms with Crippen LogP contribution in [0.4, 0.5) is 0 Å². The third-order valence-electron chi connectivity index (χ3n) is 5.15. The highest BCUT2D eigenvalue weighted by atomic mass is 16.5. The zero-order valence-electron chi connectivity index (χ0n) is 14.6. The Hall–Kier alpha value is -0.770. The van der Waals surface area contributed by atoms with Crippen LogP contribution in [0.3, 0.4) is 0 Å². The Balaban J connectivity index is 1.57. The quantitative estimate of drug-likeness (QED) is 0.425. The molecule has 1 N–H and O–H groups in total. The largest absolute Gasteiger partial charge is 0.381 e. The Labute approximate surface area is 136 Å². The van der Waals surface area contributed by atoms with Crippen molar-refractivity contribution in [3.05, 3.63) is 0 Å². The van der Waals surface area contributed by atoms with E-state index in [1.165, 1.54) is 51.4 Å². The minimum Gasteiger partial charge on any atom is -0.381 e. The second-order valence-electron chi connectivity index (χ2n) is 6.88. The summed E-state index contributed by atoms with van der Waals surface area (Å²) in [6.45, 7) is 7.04. The fraction of sp³-hybridized carbons (Fsp3) is 0.944. The number of nitrogens with zero attached hydrogens (tertiary/aromatic N) is 2. The summed E-state index contributed by atoms with van der Waals surface area (Å²) in [4.78, 5) is 6.84. The predicted octanol–water partition coefficient (Wildman–Crippen LogP) is 3.28. The first-order chi connectivity index (χ1) is 10.8. The summed E-state index contributed by atoms with van der Waals surface area (Å²) >= 11 is 0. The van der Waals surface area contributed by atoms with Crippen molar-refractivity contribution in [1.82, 2.24) is 10.2 Å². The lowest BCUT2D eigenvalue weighted by molar-refractivity contribution is 0.114. The van der Waals surface area contributed by atoms with Gasteiger partial charge in [0, 0.05) is 39.2 Å². The zero-order chi connectivity index (χ0) is 15.6. The Kier molecular flexibility index (Phi) is 8.06. The molecule has 0 spiro atoms. The number of nitrogens with one attached hydrogen (secondary N) is 1. The van der Waals surface area contributed by atoms with Gasteiger partial charge in [0.2, 0.25) is 0 Å². The van der Waals surface area contributed by atoms with Crippen LogP contribution in [0.15, 0.2) is 4.99 Å². The van der Waals surface area contributed by atoms with Gasteiger partial charge in [-0.15, -0.1) is 0 Å². The van der Waals surface area contributed by atoms with Crippen molar-refractivity contribution >= 4 is 5.96 Å². The van der Waals surface area contributed by atoms with Crippen molar-refractivity contribution in [2.75, 3.05) is 39.9 Å². The maximum atomic E-state index is 5.55. The number of aliphatic imine (C=N–C) groups is 1. The van der Waals surface area contributed by atoms with Crippen LogP contribution in [0.1, 0.15) is 58.3 Å². The molecule has 22 heavy (non-hydrogen) atoms. The molecular formula is C18H35N3O. The third-order valence-corrected chi connectivity index (χ3v) is 5.15. The first-order valence-corrected chi connectivity index (χ1v) is 9.36. The minimum absolute atomic E-state index is 0.667. The molecule has 1 atom stereocenters. The lowest BCUT2D eigenvalue weighted by atomic mass is 10.0. The van der Waals surface area contributed by atoms with E-state index in [1.54, 1.807) is 0 Å². The highest BCUT2D eigenvalue weighted by molar-refractivity contribution is 5.80. The fourth-order valence-corrected chi connectivity index (χ4v) is 3.84. The van der Waals surface area contributed by atoms with Crippen LogP contribution < -0.4 is 5.32 Å². The molecule has 0 bridgehead atoms. The van der Waals surface area contributed by atoms with E-state index in [0.29, 0.717) is 5.92 Å². The van der Waals surface area contributed by atoms with Gasteiger partial charge in [0.15, 0.2) is 5.96 Å². The summed E-state index contributed by atoms with van der Waals surface area (Å²) in [6, 6.07) is 0. The molecule has 1 unspecified atom stereocenters. The van der Waals surface area contributed by atoms with Crippen LogP contribution in [0.25, 0.3) is 0 Å². The fourth-order valence-electron chi connectivity index (χ4n) is 3.84. The second kappa shape index (κ2) is 10.1. The van der Waals surface area contributed by atoms with Crippen molar-refractivity contribution in [2.45, 2.75) is 58.3 Å². The summed E-state index contributed by atoms with van der Waals surface area (Å²) in [5, 5.41) is 3.55. The van der Waals surface area contributed by atoms with Gasteiger partial charge in [-0.3, -0.25) is 4.99 Å². The smallest absolute Gasteiger partial charge is 0.193 e. The summed E-state index contributed by atoms with van der Waals surface area (Å²) in [6.07, 6.45) is 11.2. The van der Waals surface area contributed by atoms with Crippen molar-refractivity contribution in [2.24, 2.45) is 16.8 Å². The first-order valence-electron chi connectivity index (χ1n) is 9.36. The number of rotatable bonds is 8. The molecule has 0 radical (unpaired) electrons. The highest BCUT2D eigenvalue weighted by Crippen LogP contribution is 2.28. The lowest BCUT2D eigenvalue weighted by Gasteiger charge is -2.22. The van der Waals surface area contributed by atoms with Crippen LogP contribution in [0, 0.1) is 11.8 Å². The Morgan fingerprint density at radius 3 is 2.73 bits per heavy atom. The Bertz CT molecular complexity index is 326. The van der Waals surface area contributed by atoms with Gasteiger partial charge in [-0.2, -0.15) is 0 Å². The lowest BCUT2D eigenvalue weighted by Crippen LogP contribution is -2.40. The van der Waals surface area contributed by atoms with Crippen molar-refractivity contribution in [3.8, 4) is 0 Å². The average Bonchev–Trinajstić information content (AvgIpc) is 3.20. The molecule has 4 heteroatoms. The first kappa shape index (κ1) is 17.6. The molecule has 1 aliphatic heterocycles. The van der Waals surface area contributed by atoms with E-state index in [2.05, 4.69) is 22.1 Å². The SMILES string of the molecule is CCOCC1CCN(C(=NC)NCCCCC2CCCC2)C1. The molecular weight excluding hydrogens is 274 g/mol. The number of guanidine groups is 1. The van der Waals surface area contributed by atoms with Crippen molar-refractivity contribution < 1.29 is 4.74 Å². The van der Waals surface area contributed by atoms with E-state index in [0.717, 1.165) is 44.7 Å². The van der Waals surface area contributed by atoms with Gasteiger partial charge in [0.25, 0.3) is 0 Å². The van der Waals surface area contributed by atoms with Crippen LogP contribution in [0.2, 0.25) is 0 Å². The maximum absolute atomic E-state index is 5.55. The predicted molar refractivity (Wildman–Crippen MR) is 93.3 cm³/mol. The van der Waals surface area contributed by atoms with Gasteiger partial charge in [-0.1, -0.05) is 38.5 Å². The number of unbranched alkanes of at least 4 members (excludes halogenated alkanes) is 1.